The zero-order chi connectivity index (χ0) is 11.8. The van der Waals surface area contributed by atoms with E-state index < -0.39 is 0 Å². The summed E-state index contributed by atoms with van der Waals surface area (Å²) in [6.45, 7) is 0. The van der Waals surface area contributed by atoms with Crippen LogP contribution in [0.15, 0.2) is 24.3 Å². The number of hydrogen-bond acceptors (Lipinski definition) is 4. The van der Waals surface area contributed by atoms with E-state index in [1.54, 1.807) is 0 Å². The Hall–Kier alpha value is -1.88. The quantitative estimate of drug-likeness (QED) is 0.722. The van der Waals surface area contributed by atoms with Gasteiger partial charge in [-0.2, -0.15) is 0 Å². The monoisotopic (exact) mass is 229 g/mol. The van der Waals surface area contributed by atoms with E-state index in [1.807, 2.05) is 28.8 Å². The number of benzene rings is 1. The van der Waals surface area contributed by atoms with E-state index in [9.17, 15) is 0 Å². The van der Waals surface area contributed by atoms with Crippen molar-refractivity contribution < 1.29 is 0 Å². The molecule has 17 heavy (non-hydrogen) atoms. The van der Waals surface area contributed by atoms with Crippen molar-refractivity contribution in [2.24, 2.45) is 5.73 Å². The molecule has 3 rings (SSSR count). The van der Waals surface area contributed by atoms with Gasteiger partial charge >= 0.3 is 0 Å². The van der Waals surface area contributed by atoms with Crippen LogP contribution in [0.25, 0.3) is 11.4 Å². The van der Waals surface area contributed by atoms with Gasteiger partial charge in [0.15, 0.2) is 5.82 Å². The normalized spacial score (nSPS) is 19.0. The highest BCUT2D eigenvalue weighted by Gasteiger charge is 2.22. The fraction of sp³-hybridized carbons (Fsp3) is 0.333. The molecule has 1 aromatic carbocycles. The van der Waals surface area contributed by atoms with E-state index in [4.69, 9.17) is 11.5 Å². The molecule has 0 spiro atoms. The summed E-state index contributed by atoms with van der Waals surface area (Å²) in [7, 11) is 0. The molecular formula is C12H15N5. The molecule has 1 aliphatic heterocycles. The third-order valence-corrected chi connectivity index (χ3v) is 3.14. The van der Waals surface area contributed by atoms with Crippen LogP contribution >= 0.6 is 0 Å². The van der Waals surface area contributed by atoms with Crippen LogP contribution in [0.1, 0.15) is 24.8 Å². The first-order valence-electron chi connectivity index (χ1n) is 5.81. The van der Waals surface area contributed by atoms with Crippen LogP contribution in [0.5, 0.6) is 0 Å². The number of aromatic nitrogens is 3. The minimum absolute atomic E-state index is 0.0230. The molecule has 0 saturated heterocycles. The van der Waals surface area contributed by atoms with Gasteiger partial charge in [-0.05, 0) is 25.0 Å². The molecule has 0 aliphatic carbocycles. The van der Waals surface area contributed by atoms with Crippen LogP contribution in [0.3, 0.4) is 0 Å². The number of hydrogen-bond donors (Lipinski definition) is 2. The van der Waals surface area contributed by atoms with Gasteiger partial charge in [0, 0.05) is 17.7 Å². The molecule has 0 amide bonds. The molecule has 5 nitrogen and oxygen atoms in total. The van der Waals surface area contributed by atoms with Crippen LogP contribution in [0, 0.1) is 0 Å². The highest BCUT2D eigenvalue weighted by atomic mass is 15.3. The Morgan fingerprint density at radius 2 is 2.18 bits per heavy atom. The molecule has 5 heteroatoms. The van der Waals surface area contributed by atoms with Crippen LogP contribution < -0.4 is 11.5 Å². The first-order chi connectivity index (χ1) is 8.25. The van der Waals surface area contributed by atoms with Crippen molar-refractivity contribution in [3.8, 4) is 11.4 Å². The molecular weight excluding hydrogens is 214 g/mol. The predicted octanol–water partition coefficient (Wildman–Crippen LogP) is 1.32. The molecule has 0 bridgehead atoms. The van der Waals surface area contributed by atoms with E-state index >= 15 is 0 Å². The maximum Gasteiger partial charge on any atom is 0.165 e. The fourth-order valence-corrected chi connectivity index (χ4v) is 2.32. The molecule has 0 radical (unpaired) electrons. The average Bonchev–Trinajstić information content (AvgIpc) is 2.74. The number of nitrogen functional groups attached to an aromatic ring is 1. The third-order valence-electron chi connectivity index (χ3n) is 3.14. The molecule has 88 valence electrons. The van der Waals surface area contributed by atoms with Crippen LogP contribution in [-0.2, 0) is 6.42 Å². The summed E-state index contributed by atoms with van der Waals surface area (Å²) >= 11 is 0. The summed E-state index contributed by atoms with van der Waals surface area (Å²) in [4.78, 5) is 0. The van der Waals surface area contributed by atoms with Gasteiger partial charge in [-0.3, -0.25) is 4.57 Å². The number of nitrogens with two attached hydrogens (primary N) is 2. The highest BCUT2D eigenvalue weighted by molar-refractivity contribution is 5.61. The highest BCUT2D eigenvalue weighted by Crippen LogP contribution is 2.27. The lowest BCUT2D eigenvalue weighted by molar-refractivity contribution is 0.412. The molecule has 4 N–H and O–H groups in total. The molecule has 0 saturated carbocycles. The van der Waals surface area contributed by atoms with Gasteiger partial charge in [-0.15, -0.1) is 10.2 Å². The first kappa shape index (κ1) is 10.3. The van der Waals surface area contributed by atoms with Crippen molar-refractivity contribution >= 4 is 5.69 Å². The molecule has 0 fully saturated rings. The number of rotatable bonds is 1. The second kappa shape index (κ2) is 3.85. The van der Waals surface area contributed by atoms with Gasteiger partial charge in [0.25, 0.3) is 0 Å². The van der Waals surface area contributed by atoms with Gasteiger partial charge in [0.1, 0.15) is 5.82 Å². The summed E-state index contributed by atoms with van der Waals surface area (Å²) < 4.78 is 2.03. The van der Waals surface area contributed by atoms with E-state index in [-0.39, 0.29) is 6.17 Å². The third kappa shape index (κ3) is 1.68. The number of anilines is 1. The Morgan fingerprint density at radius 3 is 3.00 bits per heavy atom. The maximum atomic E-state index is 6.12. The van der Waals surface area contributed by atoms with Gasteiger partial charge in [-0.1, -0.05) is 12.1 Å². The van der Waals surface area contributed by atoms with Gasteiger partial charge in [0.2, 0.25) is 0 Å². The van der Waals surface area contributed by atoms with Gasteiger partial charge in [-0.25, -0.2) is 0 Å². The Labute approximate surface area is 99.4 Å². The largest absolute Gasteiger partial charge is 0.399 e. The van der Waals surface area contributed by atoms with Crippen molar-refractivity contribution in [2.75, 3.05) is 5.73 Å². The lowest BCUT2D eigenvalue weighted by Gasteiger charge is -2.22. The number of nitrogens with zero attached hydrogens (tertiary/aromatic N) is 3. The van der Waals surface area contributed by atoms with Crippen LogP contribution in [0.4, 0.5) is 5.69 Å². The maximum absolute atomic E-state index is 6.12. The van der Waals surface area contributed by atoms with Gasteiger partial charge in [0.05, 0.1) is 6.17 Å². The Balaban J connectivity index is 2.13. The topological polar surface area (TPSA) is 82.8 Å². The molecule has 2 heterocycles. The first-order valence-corrected chi connectivity index (χ1v) is 5.81. The van der Waals surface area contributed by atoms with E-state index in [0.717, 1.165) is 42.2 Å². The van der Waals surface area contributed by atoms with Crippen molar-refractivity contribution in [1.82, 2.24) is 14.8 Å². The lowest BCUT2D eigenvalue weighted by atomic mass is 10.1. The number of aryl methyl sites for hydroxylation is 1. The second-order valence-corrected chi connectivity index (χ2v) is 4.39. The van der Waals surface area contributed by atoms with Crippen LogP contribution in [0.2, 0.25) is 0 Å². The fourth-order valence-electron chi connectivity index (χ4n) is 2.32. The minimum Gasteiger partial charge on any atom is -0.399 e. The van der Waals surface area contributed by atoms with Crippen LogP contribution in [-0.4, -0.2) is 14.8 Å². The second-order valence-electron chi connectivity index (χ2n) is 4.39. The Morgan fingerprint density at radius 1 is 1.29 bits per heavy atom. The zero-order valence-electron chi connectivity index (χ0n) is 9.50. The molecule has 2 aromatic rings. The smallest absolute Gasteiger partial charge is 0.165 e. The SMILES string of the molecule is Nc1cccc(-c2nnc3n2C(N)CCC3)c1. The molecule has 1 aromatic heterocycles. The summed E-state index contributed by atoms with van der Waals surface area (Å²) in [6, 6.07) is 7.66. The molecule has 1 unspecified atom stereocenters. The molecule has 1 aliphatic rings. The lowest BCUT2D eigenvalue weighted by Crippen LogP contribution is -2.25. The van der Waals surface area contributed by atoms with Crippen molar-refractivity contribution in [3.63, 3.8) is 0 Å². The minimum atomic E-state index is -0.0230. The van der Waals surface area contributed by atoms with E-state index in [1.165, 1.54) is 0 Å². The van der Waals surface area contributed by atoms with Crippen molar-refractivity contribution in [2.45, 2.75) is 25.4 Å². The summed E-state index contributed by atoms with van der Waals surface area (Å²) in [5, 5.41) is 8.44. The Bertz CT molecular complexity index is 546. The summed E-state index contributed by atoms with van der Waals surface area (Å²) in [5.74, 6) is 1.79. The summed E-state index contributed by atoms with van der Waals surface area (Å²) in [6.07, 6.45) is 2.98. The van der Waals surface area contributed by atoms with E-state index in [2.05, 4.69) is 10.2 Å². The van der Waals surface area contributed by atoms with Crippen molar-refractivity contribution in [3.05, 3.63) is 30.1 Å². The summed E-state index contributed by atoms with van der Waals surface area (Å²) in [5.41, 5.74) is 13.6. The average molecular weight is 229 g/mol. The number of fused-ring (bicyclic) bond motifs is 1. The van der Waals surface area contributed by atoms with Crippen molar-refractivity contribution in [1.29, 1.82) is 0 Å². The van der Waals surface area contributed by atoms with Gasteiger partial charge < -0.3 is 11.5 Å². The standard InChI is InChI=1S/C12H15N5/c13-9-4-1-3-8(7-9)12-16-15-11-6-2-5-10(14)17(11)12/h1,3-4,7,10H,2,5-6,13-14H2. The zero-order valence-corrected chi connectivity index (χ0v) is 9.50. The molecule has 1 atom stereocenters. The Kier molecular flexibility index (Phi) is 2.33. The predicted molar refractivity (Wildman–Crippen MR) is 66.0 cm³/mol. The van der Waals surface area contributed by atoms with E-state index in [0.29, 0.717) is 0 Å².